The van der Waals surface area contributed by atoms with E-state index in [1.807, 2.05) is 13.0 Å². The zero-order valence-electron chi connectivity index (χ0n) is 8.20. The first kappa shape index (κ1) is 10.0. The minimum atomic E-state index is -0.189. The number of halogens is 1. The maximum atomic E-state index is 13.3. The van der Waals surface area contributed by atoms with Crippen molar-refractivity contribution in [1.29, 1.82) is 0 Å². The first-order chi connectivity index (χ1) is 7.25. The lowest BCUT2D eigenvalue weighted by Gasteiger charge is -2.05. The molecule has 0 saturated carbocycles. The Morgan fingerprint density at radius 1 is 1.47 bits per heavy atom. The Bertz CT molecular complexity index is 442. The summed E-state index contributed by atoms with van der Waals surface area (Å²) in [5.74, 6) is -0.189. The second-order valence-corrected chi connectivity index (χ2v) is 4.02. The van der Waals surface area contributed by atoms with Crippen molar-refractivity contribution in [2.75, 3.05) is 5.32 Å². The molecule has 0 amide bonds. The van der Waals surface area contributed by atoms with Crippen LogP contribution in [0.15, 0.2) is 24.4 Å². The van der Waals surface area contributed by atoms with Gasteiger partial charge in [-0.3, -0.25) is 0 Å². The standard InChI is InChI=1S/C10H10FN3S/c1-7-2-3-9(11)8(4-7)5-12-10-6-13-14-15-10/h2-4,6,12H,5H2,1H3. The largest absolute Gasteiger partial charge is 0.370 e. The van der Waals surface area contributed by atoms with Gasteiger partial charge in [-0.2, -0.15) is 0 Å². The van der Waals surface area contributed by atoms with Crippen LogP contribution in [0.4, 0.5) is 9.39 Å². The SMILES string of the molecule is Cc1ccc(F)c(CNc2cnns2)c1. The van der Waals surface area contributed by atoms with E-state index in [1.54, 1.807) is 12.3 Å². The predicted octanol–water partition coefficient (Wildman–Crippen LogP) is 2.60. The topological polar surface area (TPSA) is 37.8 Å². The summed E-state index contributed by atoms with van der Waals surface area (Å²) in [6, 6.07) is 5.07. The van der Waals surface area contributed by atoms with E-state index < -0.39 is 0 Å². The summed E-state index contributed by atoms with van der Waals surface area (Å²) in [7, 11) is 0. The Morgan fingerprint density at radius 2 is 2.33 bits per heavy atom. The van der Waals surface area contributed by atoms with E-state index in [1.165, 1.54) is 17.6 Å². The van der Waals surface area contributed by atoms with E-state index in [0.29, 0.717) is 12.1 Å². The van der Waals surface area contributed by atoms with Crippen LogP contribution in [0.1, 0.15) is 11.1 Å². The van der Waals surface area contributed by atoms with Crippen LogP contribution in [0, 0.1) is 12.7 Å². The van der Waals surface area contributed by atoms with E-state index >= 15 is 0 Å². The quantitative estimate of drug-likeness (QED) is 0.869. The molecule has 0 atom stereocenters. The van der Waals surface area contributed by atoms with Gasteiger partial charge >= 0.3 is 0 Å². The highest BCUT2D eigenvalue weighted by molar-refractivity contribution is 7.09. The molecule has 78 valence electrons. The van der Waals surface area contributed by atoms with Crippen molar-refractivity contribution in [3.8, 4) is 0 Å². The molecule has 1 N–H and O–H groups in total. The third kappa shape index (κ3) is 2.50. The zero-order valence-corrected chi connectivity index (χ0v) is 9.01. The second kappa shape index (κ2) is 4.35. The van der Waals surface area contributed by atoms with Crippen molar-refractivity contribution in [2.24, 2.45) is 0 Å². The molecule has 1 aromatic carbocycles. The Labute approximate surface area is 91.1 Å². The molecule has 0 fully saturated rings. The number of aromatic nitrogens is 2. The van der Waals surface area contributed by atoms with E-state index in [9.17, 15) is 4.39 Å². The van der Waals surface area contributed by atoms with Crippen molar-refractivity contribution in [1.82, 2.24) is 9.59 Å². The van der Waals surface area contributed by atoms with E-state index in [2.05, 4.69) is 14.9 Å². The molecule has 0 aliphatic rings. The Kier molecular flexibility index (Phi) is 2.91. The van der Waals surface area contributed by atoms with Gasteiger partial charge in [-0.1, -0.05) is 22.2 Å². The highest BCUT2D eigenvalue weighted by Gasteiger charge is 2.02. The van der Waals surface area contributed by atoms with E-state index in [-0.39, 0.29) is 5.82 Å². The summed E-state index contributed by atoms with van der Waals surface area (Å²) in [4.78, 5) is 0. The maximum Gasteiger partial charge on any atom is 0.130 e. The lowest BCUT2D eigenvalue weighted by atomic mass is 10.1. The number of rotatable bonds is 3. The molecule has 0 aliphatic carbocycles. The second-order valence-electron chi connectivity index (χ2n) is 3.23. The molecule has 0 aliphatic heterocycles. The fraction of sp³-hybridized carbons (Fsp3) is 0.200. The highest BCUT2D eigenvalue weighted by Crippen LogP contribution is 2.14. The van der Waals surface area contributed by atoms with Crippen LogP contribution >= 0.6 is 11.5 Å². The molecular formula is C10H10FN3S. The molecule has 0 spiro atoms. The Morgan fingerprint density at radius 3 is 3.07 bits per heavy atom. The summed E-state index contributed by atoms with van der Waals surface area (Å²) in [5.41, 5.74) is 1.71. The molecule has 0 radical (unpaired) electrons. The van der Waals surface area contributed by atoms with E-state index in [0.717, 1.165) is 10.6 Å². The molecule has 15 heavy (non-hydrogen) atoms. The maximum absolute atomic E-state index is 13.3. The van der Waals surface area contributed by atoms with Crippen LogP contribution in [-0.2, 0) is 6.54 Å². The average Bonchev–Trinajstić information content (AvgIpc) is 2.72. The van der Waals surface area contributed by atoms with E-state index in [4.69, 9.17) is 0 Å². The first-order valence-electron chi connectivity index (χ1n) is 4.52. The normalized spacial score (nSPS) is 10.3. The Balaban J connectivity index is 2.07. The average molecular weight is 223 g/mol. The van der Waals surface area contributed by atoms with Gasteiger partial charge in [0.2, 0.25) is 0 Å². The van der Waals surface area contributed by atoms with Crippen molar-refractivity contribution >= 4 is 16.5 Å². The minimum absolute atomic E-state index is 0.189. The number of aryl methyl sites for hydroxylation is 1. The third-order valence-electron chi connectivity index (χ3n) is 2.02. The summed E-state index contributed by atoms with van der Waals surface area (Å²) in [6.45, 7) is 2.40. The molecule has 1 aromatic heterocycles. The smallest absolute Gasteiger partial charge is 0.130 e. The van der Waals surface area contributed by atoms with Crippen LogP contribution in [0.3, 0.4) is 0 Å². The van der Waals surface area contributed by atoms with Crippen LogP contribution in [0.5, 0.6) is 0 Å². The fourth-order valence-electron chi connectivity index (χ4n) is 1.27. The van der Waals surface area contributed by atoms with Crippen molar-refractivity contribution in [3.05, 3.63) is 41.3 Å². The van der Waals surface area contributed by atoms with Gasteiger partial charge in [0.15, 0.2) is 0 Å². The van der Waals surface area contributed by atoms with Gasteiger partial charge in [-0.25, -0.2) is 4.39 Å². The number of anilines is 1. The van der Waals surface area contributed by atoms with Gasteiger partial charge in [0.1, 0.15) is 10.8 Å². The number of nitrogens with one attached hydrogen (secondary N) is 1. The highest BCUT2D eigenvalue weighted by atomic mass is 32.1. The van der Waals surface area contributed by atoms with Gasteiger partial charge in [0, 0.05) is 23.6 Å². The molecular weight excluding hydrogens is 213 g/mol. The third-order valence-corrected chi connectivity index (χ3v) is 2.64. The molecule has 1 heterocycles. The molecule has 2 rings (SSSR count). The zero-order chi connectivity index (χ0) is 10.7. The van der Waals surface area contributed by atoms with Crippen LogP contribution in [0.2, 0.25) is 0 Å². The lowest BCUT2D eigenvalue weighted by molar-refractivity contribution is 0.612. The molecule has 0 bridgehead atoms. The van der Waals surface area contributed by atoms with Gasteiger partial charge in [-0.15, -0.1) is 5.10 Å². The van der Waals surface area contributed by atoms with Crippen LogP contribution in [-0.4, -0.2) is 9.59 Å². The molecule has 3 nitrogen and oxygen atoms in total. The molecule has 0 unspecified atom stereocenters. The monoisotopic (exact) mass is 223 g/mol. The molecule has 5 heteroatoms. The van der Waals surface area contributed by atoms with Crippen LogP contribution < -0.4 is 5.32 Å². The molecule has 0 saturated heterocycles. The van der Waals surface area contributed by atoms with Crippen molar-refractivity contribution in [2.45, 2.75) is 13.5 Å². The summed E-state index contributed by atoms with van der Waals surface area (Å²) >= 11 is 1.26. The van der Waals surface area contributed by atoms with Gasteiger partial charge in [0.05, 0.1) is 6.20 Å². The van der Waals surface area contributed by atoms with Crippen molar-refractivity contribution < 1.29 is 4.39 Å². The number of hydrogen-bond acceptors (Lipinski definition) is 4. The van der Waals surface area contributed by atoms with Gasteiger partial charge < -0.3 is 5.32 Å². The summed E-state index contributed by atoms with van der Waals surface area (Å²) < 4.78 is 17.0. The lowest BCUT2D eigenvalue weighted by Crippen LogP contribution is -2.00. The van der Waals surface area contributed by atoms with Gasteiger partial charge in [0.25, 0.3) is 0 Å². The number of benzene rings is 1. The first-order valence-corrected chi connectivity index (χ1v) is 5.29. The van der Waals surface area contributed by atoms with Crippen LogP contribution in [0.25, 0.3) is 0 Å². The number of nitrogens with zero attached hydrogens (tertiary/aromatic N) is 2. The minimum Gasteiger partial charge on any atom is -0.370 e. The number of hydrogen-bond donors (Lipinski definition) is 1. The fourth-order valence-corrected chi connectivity index (χ4v) is 1.68. The van der Waals surface area contributed by atoms with Crippen molar-refractivity contribution in [3.63, 3.8) is 0 Å². The molecule has 2 aromatic rings. The van der Waals surface area contributed by atoms with Gasteiger partial charge in [-0.05, 0) is 13.0 Å². The predicted molar refractivity (Wildman–Crippen MR) is 58.4 cm³/mol. The Hall–Kier alpha value is -1.49. The summed E-state index contributed by atoms with van der Waals surface area (Å²) in [5, 5.41) is 7.59. The summed E-state index contributed by atoms with van der Waals surface area (Å²) in [6.07, 6.45) is 1.62.